The molecule has 28 heavy (non-hydrogen) atoms. The smallest absolute Gasteiger partial charge is 0.235 e. The molecule has 1 aliphatic rings. The third-order valence-electron chi connectivity index (χ3n) is 4.64. The van der Waals surface area contributed by atoms with Gasteiger partial charge in [-0.1, -0.05) is 16.3 Å². The third-order valence-corrected chi connectivity index (χ3v) is 7.62. The lowest BCUT2D eigenvalue weighted by Crippen LogP contribution is -2.07. The van der Waals surface area contributed by atoms with Gasteiger partial charge in [0.05, 0.1) is 5.69 Å². The normalized spacial score (nSPS) is 13.6. The molecule has 1 aliphatic carbocycles. The van der Waals surface area contributed by atoms with Gasteiger partial charge in [0.25, 0.3) is 0 Å². The summed E-state index contributed by atoms with van der Waals surface area (Å²) in [6.45, 7) is 0. The molecule has 8 heteroatoms. The number of thiol groups is 1. The molecule has 0 aliphatic heterocycles. The summed E-state index contributed by atoms with van der Waals surface area (Å²) in [6.07, 6.45) is 3.83. The Hall–Kier alpha value is -2.39. The van der Waals surface area contributed by atoms with E-state index < -0.39 is 11.1 Å². The summed E-state index contributed by atoms with van der Waals surface area (Å²) in [5.74, 6) is 0.487. The molecule has 0 amide bonds. The van der Waals surface area contributed by atoms with Crippen molar-refractivity contribution in [2.75, 3.05) is 5.32 Å². The van der Waals surface area contributed by atoms with Crippen LogP contribution >= 0.6 is 22.7 Å². The van der Waals surface area contributed by atoms with E-state index in [1.54, 1.807) is 29.5 Å². The SMILES string of the molecule is O=[SH+](O)c1cccc(Nc2ncc3c(n2)-c2cc(-c4cccs4)sc2CC3)c1. The molecular weight excluding hydrogens is 410 g/mol. The molecule has 5 rings (SSSR count). The number of hydrogen-bond donors (Lipinski definition) is 2. The van der Waals surface area contributed by atoms with Crippen LogP contribution in [0, 0.1) is 0 Å². The predicted octanol–water partition coefficient (Wildman–Crippen LogP) is 5.30. The van der Waals surface area contributed by atoms with Crippen LogP contribution in [0.1, 0.15) is 10.4 Å². The van der Waals surface area contributed by atoms with E-state index in [0.717, 1.165) is 24.1 Å². The Morgan fingerprint density at radius 2 is 2.04 bits per heavy atom. The number of benzene rings is 1. The fraction of sp³-hybridized carbons (Fsp3) is 0.100. The lowest BCUT2D eigenvalue weighted by molar-refractivity contribution is 0.519. The maximum atomic E-state index is 11.3. The molecule has 0 saturated heterocycles. The summed E-state index contributed by atoms with van der Waals surface area (Å²) in [7, 11) is 0. The molecule has 4 aromatic rings. The highest BCUT2D eigenvalue weighted by atomic mass is 32.2. The van der Waals surface area contributed by atoms with E-state index in [1.165, 1.54) is 20.2 Å². The predicted molar refractivity (Wildman–Crippen MR) is 116 cm³/mol. The molecule has 1 atom stereocenters. The van der Waals surface area contributed by atoms with Crippen LogP contribution in [0.25, 0.3) is 21.0 Å². The van der Waals surface area contributed by atoms with Gasteiger partial charge in [0.15, 0.2) is 4.90 Å². The zero-order valence-corrected chi connectivity index (χ0v) is 17.2. The minimum atomic E-state index is -2.37. The molecule has 0 fully saturated rings. The van der Waals surface area contributed by atoms with Crippen molar-refractivity contribution in [1.29, 1.82) is 0 Å². The van der Waals surface area contributed by atoms with E-state index in [-0.39, 0.29) is 0 Å². The van der Waals surface area contributed by atoms with E-state index in [1.807, 2.05) is 23.6 Å². The Balaban J connectivity index is 1.50. The van der Waals surface area contributed by atoms with E-state index in [0.29, 0.717) is 16.5 Å². The number of anilines is 2. The van der Waals surface area contributed by atoms with E-state index in [9.17, 15) is 8.76 Å². The standard InChI is InChI=1S/C20H15N3O2S3/c24-28(25)14-4-1-3-13(9-14)22-20-21-11-12-6-7-16-15(19(12)23-20)10-18(27-16)17-5-2-8-26-17/h1-5,8-11H,6-7H2,(H,24,25)(H,21,22,23)/p+1. The van der Waals surface area contributed by atoms with Crippen LogP contribution in [-0.2, 0) is 28.1 Å². The second-order valence-corrected chi connectivity index (χ2v) is 9.59. The molecule has 3 heterocycles. The topological polar surface area (TPSA) is 75.1 Å². The number of aryl methyl sites for hydroxylation is 2. The summed E-state index contributed by atoms with van der Waals surface area (Å²) in [5.41, 5.74) is 4.01. The number of fused-ring (bicyclic) bond motifs is 3. The van der Waals surface area contributed by atoms with Crippen molar-refractivity contribution in [1.82, 2.24) is 9.97 Å². The van der Waals surface area contributed by atoms with Gasteiger partial charge in [-0.2, -0.15) is 4.55 Å². The van der Waals surface area contributed by atoms with Crippen molar-refractivity contribution in [2.45, 2.75) is 17.7 Å². The van der Waals surface area contributed by atoms with E-state index in [4.69, 9.17) is 4.98 Å². The molecule has 3 aromatic heterocycles. The van der Waals surface area contributed by atoms with Gasteiger partial charge >= 0.3 is 0 Å². The van der Waals surface area contributed by atoms with Gasteiger partial charge in [0, 0.05) is 38.1 Å². The van der Waals surface area contributed by atoms with Gasteiger partial charge in [0.1, 0.15) is 0 Å². The van der Waals surface area contributed by atoms with Crippen molar-refractivity contribution in [3.05, 3.63) is 64.5 Å². The molecule has 1 unspecified atom stereocenters. The number of nitrogens with zero attached hydrogens (tertiary/aromatic N) is 2. The first kappa shape index (κ1) is 17.7. The first-order valence-corrected chi connectivity index (χ1v) is 11.6. The Kier molecular flexibility index (Phi) is 4.56. The first-order chi connectivity index (χ1) is 13.7. The van der Waals surface area contributed by atoms with Crippen molar-refractivity contribution in [3.8, 4) is 21.0 Å². The molecule has 5 nitrogen and oxygen atoms in total. The van der Waals surface area contributed by atoms with Crippen molar-refractivity contribution in [3.63, 3.8) is 0 Å². The second kappa shape index (κ2) is 7.21. The summed E-state index contributed by atoms with van der Waals surface area (Å²) in [6, 6.07) is 13.3. The zero-order chi connectivity index (χ0) is 19.1. The number of nitrogens with one attached hydrogen (secondary N) is 1. The Bertz CT molecular complexity index is 1190. The van der Waals surface area contributed by atoms with Gasteiger partial charge in [-0.15, -0.1) is 22.7 Å². The lowest BCUT2D eigenvalue weighted by atomic mass is 9.96. The fourth-order valence-corrected chi connectivity index (χ4v) is 5.77. The van der Waals surface area contributed by atoms with Crippen LogP contribution in [0.5, 0.6) is 0 Å². The second-order valence-electron chi connectivity index (χ2n) is 6.44. The summed E-state index contributed by atoms with van der Waals surface area (Å²) >= 11 is 1.22. The van der Waals surface area contributed by atoms with Crippen LogP contribution in [0.3, 0.4) is 0 Å². The third kappa shape index (κ3) is 3.29. The van der Waals surface area contributed by atoms with Crippen molar-refractivity contribution in [2.24, 2.45) is 0 Å². The molecule has 1 aromatic carbocycles. The molecular formula is C20H16N3O2S3+. The van der Waals surface area contributed by atoms with Crippen LogP contribution in [0.4, 0.5) is 11.6 Å². The molecule has 0 bridgehead atoms. The zero-order valence-electron chi connectivity index (χ0n) is 14.6. The van der Waals surface area contributed by atoms with Crippen molar-refractivity contribution >= 4 is 45.4 Å². The molecule has 0 spiro atoms. The minimum Gasteiger partial charge on any atom is -0.324 e. The van der Waals surface area contributed by atoms with Gasteiger partial charge in [-0.05, 0) is 48.1 Å². The molecule has 2 N–H and O–H groups in total. The average Bonchev–Trinajstić information content (AvgIpc) is 3.37. The van der Waals surface area contributed by atoms with Crippen LogP contribution in [-0.4, -0.2) is 14.5 Å². The molecule has 0 radical (unpaired) electrons. The number of thiophene rings is 2. The van der Waals surface area contributed by atoms with Gasteiger partial charge in [-0.3, -0.25) is 0 Å². The van der Waals surface area contributed by atoms with Gasteiger partial charge in [0.2, 0.25) is 17.0 Å². The number of hydrogen-bond acceptors (Lipinski definition) is 6. The highest BCUT2D eigenvalue weighted by Gasteiger charge is 2.22. The Morgan fingerprint density at radius 3 is 2.86 bits per heavy atom. The highest BCUT2D eigenvalue weighted by molar-refractivity contribution is 7.79. The van der Waals surface area contributed by atoms with E-state index >= 15 is 0 Å². The van der Waals surface area contributed by atoms with Crippen LogP contribution in [0.15, 0.2) is 58.9 Å². The Morgan fingerprint density at radius 1 is 1.11 bits per heavy atom. The maximum Gasteiger partial charge on any atom is 0.235 e. The van der Waals surface area contributed by atoms with Crippen LogP contribution < -0.4 is 5.32 Å². The van der Waals surface area contributed by atoms with E-state index in [2.05, 4.69) is 33.9 Å². The quantitative estimate of drug-likeness (QED) is 0.342. The van der Waals surface area contributed by atoms with Gasteiger partial charge in [-0.25, -0.2) is 9.97 Å². The fourth-order valence-electron chi connectivity index (χ4n) is 3.32. The highest BCUT2D eigenvalue weighted by Crippen LogP contribution is 2.42. The minimum absolute atomic E-state index is 0.374. The molecule has 140 valence electrons. The summed E-state index contributed by atoms with van der Waals surface area (Å²) in [4.78, 5) is 13.5. The summed E-state index contributed by atoms with van der Waals surface area (Å²) < 4.78 is 20.6. The average molecular weight is 427 g/mol. The molecule has 0 saturated carbocycles. The Labute approximate surface area is 172 Å². The van der Waals surface area contributed by atoms with Crippen molar-refractivity contribution < 1.29 is 8.76 Å². The lowest BCUT2D eigenvalue weighted by Gasteiger charge is -2.16. The first-order valence-electron chi connectivity index (χ1n) is 8.73. The summed E-state index contributed by atoms with van der Waals surface area (Å²) in [5, 5.41) is 5.26. The number of aromatic nitrogens is 2. The largest absolute Gasteiger partial charge is 0.324 e. The number of rotatable bonds is 4. The monoisotopic (exact) mass is 426 g/mol. The van der Waals surface area contributed by atoms with Gasteiger partial charge < -0.3 is 5.32 Å². The maximum absolute atomic E-state index is 11.3. The van der Waals surface area contributed by atoms with Crippen LogP contribution in [0.2, 0.25) is 0 Å².